The maximum atomic E-state index is 9.55. The first-order valence-corrected chi connectivity index (χ1v) is 11.0. The fourth-order valence-electron chi connectivity index (χ4n) is 3.57. The first kappa shape index (κ1) is 27.0. The molecule has 3 rings (SSSR count). The predicted molar refractivity (Wildman–Crippen MR) is 147 cm³/mol. The highest BCUT2D eigenvalue weighted by atomic mass is 127. The van der Waals surface area contributed by atoms with Gasteiger partial charge in [0.05, 0.1) is 18.5 Å². The second-order valence-electron chi connectivity index (χ2n) is 7.65. The van der Waals surface area contributed by atoms with Crippen LogP contribution in [0.25, 0.3) is 5.69 Å². The molecule has 0 aliphatic heterocycles. The van der Waals surface area contributed by atoms with Crippen molar-refractivity contribution >= 4 is 35.8 Å². The molecule has 4 N–H and O–H groups in total. The number of hydrogen-bond donors (Lipinski definition) is 3. The van der Waals surface area contributed by atoms with Gasteiger partial charge >= 0.3 is 0 Å². The number of aliphatic imine (C=N–C) groups is 1. The van der Waals surface area contributed by atoms with E-state index in [0.29, 0.717) is 30.0 Å². The second-order valence-corrected chi connectivity index (χ2v) is 7.65. The third-order valence-corrected chi connectivity index (χ3v) is 5.39. The zero-order valence-electron chi connectivity index (χ0n) is 19.8. The molecule has 1 aromatic heterocycles. The average molecular weight is 573 g/mol. The standard InChI is InChI=1S/C25H31N7O.HI/c1-18-11-12-19(16-23(18)33-3)13-15-30-25(28-2)29-14-7-10-22-21(17-26)24(27)32(31-22)20-8-5-4-6-9-20;/h4-6,8-9,11-12,16H,7,10,13-15,27H2,1-3H3,(H2,28,29,30);1H. The van der Waals surface area contributed by atoms with Crippen molar-refractivity contribution in [3.63, 3.8) is 0 Å². The molecule has 0 bridgehead atoms. The molecule has 8 nitrogen and oxygen atoms in total. The third-order valence-electron chi connectivity index (χ3n) is 5.39. The first-order valence-electron chi connectivity index (χ1n) is 11.0. The number of ether oxygens (including phenoxy) is 1. The van der Waals surface area contributed by atoms with E-state index >= 15 is 0 Å². The van der Waals surface area contributed by atoms with E-state index in [-0.39, 0.29) is 24.0 Å². The Bertz CT molecular complexity index is 1140. The van der Waals surface area contributed by atoms with Gasteiger partial charge in [-0.05, 0) is 55.5 Å². The summed E-state index contributed by atoms with van der Waals surface area (Å²) in [5, 5.41) is 20.8. The molecule has 0 fully saturated rings. The molecule has 180 valence electrons. The number of nitrogens with zero attached hydrogens (tertiary/aromatic N) is 4. The molecule has 34 heavy (non-hydrogen) atoms. The quantitative estimate of drug-likeness (QED) is 0.156. The van der Waals surface area contributed by atoms with Crippen molar-refractivity contribution in [2.45, 2.75) is 26.2 Å². The van der Waals surface area contributed by atoms with Crippen molar-refractivity contribution in [3.8, 4) is 17.5 Å². The van der Waals surface area contributed by atoms with E-state index in [1.807, 2.05) is 37.3 Å². The van der Waals surface area contributed by atoms with Crippen molar-refractivity contribution < 1.29 is 4.74 Å². The summed E-state index contributed by atoms with van der Waals surface area (Å²) in [5.41, 5.74) is 10.5. The van der Waals surface area contributed by atoms with Crippen LogP contribution in [0.4, 0.5) is 5.82 Å². The van der Waals surface area contributed by atoms with E-state index in [2.05, 4.69) is 45.0 Å². The molecular formula is C25H32IN7O. The Morgan fingerprint density at radius 3 is 2.56 bits per heavy atom. The number of hydrogen-bond acceptors (Lipinski definition) is 5. The summed E-state index contributed by atoms with van der Waals surface area (Å²) in [4.78, 5) is 4.28. The molecule has 3 aromatic rings. The lowest BCUT2D eigenvalue weighted by Gasteiger charge is -2.12. The number of methoxy groups -OCH3 is 1. The van der Waals surface area contributed by atoms with Gasteiger partial charge in [0.25, 0.3) is 0 Å². The van der Waals surface area contributed by atoms with Crippen LogP contribution in [0.3, 0.4) is 0 Å². The number of nitrogens with one attached hydrogen (secondary N) is 2. The van der Waals surface area contributed by atoms with Gasteiger partial charge in [0, 0.05) is 20.1 Å². The van der Waals surface area contributed by atoms with Crippen LogP contribution in [0.15, 0.2) is 53.5 Å². The van der Waals surface area contributed by atoms with Gasteiger partial charge in [0.15, 0.2) is 5.96 Å². The molecule has 0 spiro atoms. The molecule has 0 aliphatic rings. The van der Waals surface area contributed by atoms with Crippen LogP contribution in [-0.4, -0.2) is 43.0 Å². The number of halogens is 1. The lowest BCUT2D eigenvalue weighted by Crippen LogP contribution is -2.38. The smallest absolute Gasteiger partial charge is 0.190 e. The van der Waals surface area contributed by atoms with Crippen LogP contribution in [0.2, 0.25) is 0 Å². The summed E-state index contributed by atoms with van der Waals surface area (Å²) >= 11 is 0. The topological polar surface area (TPSA) is 113 Å². The van der Waals surface area contributed by atoms with Gasteiger partial charge in [-0.15, -0.1) is 24.0 Å². The van der Waals surface area contributed by atoms with Crippen LogP contribution in [0.5, 0.6) is 5.75 Å². The Morgan fingerprint density at radius 1 is 1.15 bits per heavy atom. The number of nitriles is 1. The lowest BCUT2D eigenvalue weighted by molar-refractivity contribution is 0.411. The van der Waals surface area contributed by atoms with Crippen LogP contribution in [0, 0.1) is 18.3 Å². The molecule has 0 radical (unpaired) electrons. The van der Waals surface area contributed by atoms with Crippen molar-refractivity contribution in [1.82, 2.24) is 20.4 Å². The van der Waals surface area contributed by atoms with E-state index < -0.39 is 0 Å². The van der Waals surface area contributed by atoms with Gasteiger partial charge < -0.3 is 21.1 Å². The second kappa shape index (κ2) is 13.4. The molecule has 1 heterocycles. The van der Waals surface area contributed by atoms with Gasteiger partial charge in [0.2, 0.25) is 0 Å². The Balaban J connectivity index is 0.00000408. The minimum atomic E-state index is 0. The molecule has 0 saturated carbocycles. The molecule has 0 atom stereocenters. The third kappa shape index (κ3) is 6.87. The number of rotatable bonds is 9. The number of benzene rings is 2. The van der Waals surface area contributed by atoms with Gasteiger partial charge in [0.1, 0.15) is 23.2 Å². The summed E-state index contributed by atoms with van der Waals surface area (Å²) < 4.78 is 7.02. The van der Waals surface area contributed by atoms with Crippen molar-refractivity contribution in [2.75, 3.05) is 33.0 Å². The number of nitrogen functional groups attached to an aromatic ring is 1. The van der Waals surface area contributed by atoms with Crippen LogP contribution >= 0.6 is 24.0 Å². The zero-order chi connectivity index (χ0) is 23.6. The monoisotopic (exact) mass is 573 g/mol. The number of nitrogens with two attached hydrogens (primary N) is 1. The average Bonchev–Trinajstić information content (AvgIpc) is 3.17. The van der Waals surface area contributed by atoms with Crippen LogP contribution < -0.4 is 21.1 Å². The van der Waals surface area contributed by atoms with Gasteiger partial charge in [-0.2, -0.15) is 10.4 Å². The summed E-state index contributed by atoms with van der Waals surface area (Å²) in [6.45, 7) is 3.48. The fraction of sp³-hybridized carbons (Fsp3) is 0.320. The van der Waals surface area contributed by atoms with Crippen molar-refractivity contribution in [3.05, 3.63) is 70.9 Å². The van der Waals surface area contributed by atoms with Gasteiger partial charge in [-0.1, -0.05) is 30.3 Å². The largest absolute Gasteiger partial charge is 0.496 e. The number of anilines is 1. The molecule has 9 heteroatoms. The summed E-state index contributed by atoms with van der Waals surface area (Å²) in [6.07, 6.45) is 2.29. The number of aromatic nitrogens is 2. The zero-order valence-corrected chi connectivity index (χ0v) is 22.2. The highest BCUT2D eigenvalue weighted by molar-refractivity contribution is 14.0. The molecule has 0 unspecified atom stereocenters. The Kier molecular flexibility index (Phi) is 10.7. The van der Waals surface area contributed by atoms with E-state index in [0.717, 1.165) is 42.3 Å². The minimum Gasteiger partial charge on any atom is -0.496 e. The Labute approximate surface area is 218 Å². The van der Waals surface area contributed by atoms with E-state index in [4.69, 9.17) is 10.5 Å². The summed E-state index contributed by atoms with van der Waals surface area (Å²) in [5.74, 6) is 2.02. The molecular weight excluding hydrogens is 541 g/mol. The van der Waals surface area contributed by atoms with Crippen molar-refractivity contribution in [1.29, 1.82) is 5.26 Å². The first-order chi connectivity index (χ1) is 16.1. The summed E-state index contributed by atoms with van der Waals surface area (Å²) in [6, 6.07) is 18.0. The fourth-order valence-corrected chi connectivity index (χ4v) is 3.57. The minimum absolute atomic E-state index is 0. The Morgan fingerprint density at radius 2 is 1.88 bits per heavy atom. The Hall–Kier alpha value is -3.26. The maximum Gasteiger partial charge on any atom is 0.190 e. The molecule has 0 saturated heterocycles. The number of para-hydroxylation sites is 1. The molecule has 0 aliphatic carbocycles. The maximum absolute atomic E-state index is 9.55. The highest BCUT2D eigenvalue weighted by Crippen LogP contribution is 2.21. The van der Waals surface area contributed by atoms with Gasteiger partial charge in [-0.3, -0.25) is 4.99 Å². The van der Waals surface area contributed by atoms with Crippen molar-refractivity contribution in [2.24, 2.45) is 4.99 Å². The van der Waals surface area contributed by atoms with Crippen LogP contribution in [0.1, 0.15) is 28.8 Å². The van der Waals surface area contributed by atoms with E-state index in [9.17, 15) is 5.26 Å². The lowest BCUT2D eigenvalue weighted by atomic mass is 10.1. The molecule has 2 aromatic carbocycles. The van der Waals surface area contributed by atoms with Gasteiger partial charge in [-0.25, -0.2) is 4.68 Å². The van der Waals surface area contributed by atoms with Crippen LogP contribution in [-0.2, 0) is 12.8 Å². The normalized spacial score (nSPS) is 10.8. The SMILES string of the molecule is CN=C(NCCCc1nn(-c2ccccc2)c(N)c1C#N)NCCc1ccc(C)c(OC)c1.I. The van der Waals surface area contributed by atoms with E-state index in [1.165, 1.54) is 5.56 Å². The number of guanidine groups is 1. The predicted octanol–water partition coefficient (Wildman–Crippen LogP) is 3.60. The molecule has 0 amide bonds. The van der Waals surface area contributed by atoms with E-state index in [1.54, 1.807) is 18.8 Å². The highest BCUT2D eigenvalue weighted by Gasteiger charge is 2.16. The number of aryl methyl sites for hydroxylation is 2. The summed E-state index contributed by atoms with van der Waals surface area (Å²) in [7, 11) is 3.44.